The van der Waals surface area contributed by atoms with E-state index in [2.05, 4.69) is 25.5 Å². The van der Waals surface area contributed by atoms with Crippen LogP contribution < -0.4 is 0 Å². The molecule has 34 valence electrons. The molecule has 0 amide bonds. The number of hydrogen-bond donors (Lipinski definition) is 0. The van der Waals surface area contributed by atoms with Gasteiger partial charge in [0.1, 0.15) is 0 Å². The fraction of sp³-hybridized carbons (Fsp3) is 0. The fourth-order valence-corrected chi connectivity index (χ4v) is 0.180. The molecule has 6 nitrogen and oxygen atoms in total. The number of hydrogen-bond acceptors (Lipinski definition) is 2. The number of nitrogens with zero attached hydrogens (tertiary/aromatic N) is 6. The van der Waals surface area contributed by atoms with Gasteiger partial charge in [-0.1, -0.05) is 0 Å². The molecule has 0 N–H and O–H groups in total. The third kappa shape index (κ3) is 0.531. The smallest absolute Gasteiger partial charge is 0.542 e. The Labute approximate surface area is 38.2 Å². The molecule has 0 aliphatic carbocycles. The topological polar surface area (TPSA) is 85.8 Å². The maximum Gasteiger partial charge on any atom is 0.554 e. The first kappa shape index (κ1) is 3.76. The largest absolute Gasteiger partial charge is 0.554 e. The first-order chi connectivity index (χ1) is 3.43. The van der Waals surface area contributed by atoms with Crippen molar-refractivity contribution in [2.24, 2.45) is 20.7 Å². The Morgan fingerprint density at radius 1 is 1.29 bits per heavy atom. The second-order valence-electron chi connectivity index (χ2n) is 0.779. The van der Waals surface area contributed by atoms with Gasteiger partial charge >= 0.3 is 5.96 Å². The van der Waals surface area contributed by atoms with E-state index in [1.54, 1.807) is 0 Å². The Hall–Kier alpha value is -1.42. The second-order valence-corrected chi connectivity index (χ2v) is 0.779. The summed E-state index contributed by atoms with van der Waals surface area (Å²) in [5.41, 5.74) is 7.85. The van der Waals surface area contributed by atoms with Gasteiger partial charge in [-0.3, -0.25) is 0 Å². The zero-order chi connectivity index (χ0) is 5.11. The normalized spacial score (nSPS) is 15.1. The zero-order valence-electron chi connectivity index (χ0n) is 3.18. The Bertz CT molecular complexity index is 155. The Kier molecular flexibility index (Phi) is 0.728. The van der Waals surface area contributed by atoms with Crippen LogP contribution in [0, 0.1) is 0 Å². The van der Waals surface area contributed by atoms with Crippen LogP contribution in [0.4, 0.5) is 0 Å². The van der Waals surface area contributed by atoms with Crippen molar-refractivity contribution < 1.29 is 4.79 Å². The summed E-state index contributed by atoms with van der Waals surface area (Å²) in [5.74, 6) is -0.111. The summed E-state index contributed by atoms with van der Waals surface area (Å²) >= 11 is 0. The number of rotatable bonds is 0. The van der Waals surface area contributed by atoms with E-state index in [4.69, 9.17) is 5.53 Å². The summed E-state index contributed by atoms with van der Waals surface area (Å²) in [5, 5.41) is 12.3. The molecule has 6 heteroatoms. The lowest BCUT2D eigenvalue weighted by atomic mass is 11.1. The van der Waals surface area contributed by atoms with Gasteiger partial charge in [0.05, 0.1) is 20.7 Å². The van der Waals surface area contributed by atoms with Gasteiger partial charge in [-0.15, -0.1) is 0 Å². The summed E-state index contributed by atoms with van der Waals surface area (Å²) in [6, 6.07) is 0. The zero-order valence-corrected chi connectivity index (χ0v) is 3.18. The standard InChI is InChI=1S/CN6/c2-3-1-4-6-7-5-1. The third-order valence-electron chi connectivity index (χ3n) is 0.398. The molecule has 1 heterocycles. The molecule has 0 saturated carbocycles. The SMILES string of the molecule is [N-]=[N+]=C1N=NN=N1. The van der Waals surface area contributed by atoms with Gasteiger partial charge in [0.2, 0.25) is 0 Å². The molecule has 0 radical (unpaired) electrons. The molecule has 0 saturated heterocycles. The van der Waals surface area contributed by atoms with Crippen LogP contribution in [0.1, 0.15) is 0 Å². The monoisotopic (exact) mass is 96.0 g/mol. The average Bonchev–Trinajstić information content (AvgIpc) is 2.14. The van der Waals surface area contributed by atoms with Gasteiger partial charge in [0.25, 0.3) is 0 Å². The average molecular weight is 96.1 g/mol. The van der Waals surface area contributed by atoms with Gasteiger partial charge in [-0.2, -0.15) is 0 Å². The van der Waals surface area contributed by atoms with Crippen LogP contribution in [0.2, 0.25) is 0 Å². The summed E-state index contributed by atoms with van der Waals surface area (Å²) in [7, 11) is 0. The Morgan fingerprint density at radius 3 is 2.14 bits per heavy atom. The molecule has 0 unspecified atom stereocenters. The van der Waals surface area contributed by atoms with Crippen molar-refractivity contribution in [1.82, 2.24) is 0 Å². The van der Waals surface area contributed by atoms with Crippen molar-refractivity contribution in [2.75, 3.05) is 0 Å². The van der Waals surface area contributed by atoms with E-state index in [-0.39, 0.29) is 5.96 Å². The van der Waals surface area contributed by atoms with Crippen molar-refractivity contribution >= 4 is 5.96 Å². The molecule has 0 atom stereocenters. The second kappa shape index (κ2) is 1.36. The van der Waals surface area contributed by atoms with Gasteiger partial charge in [-0.05, 0) is 0 Å². The van der Waals surface area contributed by atoms with Gasteiger partial charge in [-0.25, -0.2) is 0 Å². The van der Waals surface area contributed by atoms with E-state index in [1.165, 1.54) is 0 Å². The lowest BCUT2D eigenvalue weighted by Crippen LogP contribution is -1.79. The summed E-state index contributed by atoms with van der Waals surface area (Å²) in [4.78, 5) is 2.58. The molecule has 0 aromatic carbocycles. The van der Waals surface area contributed by atoms with Crippen LogP contribution in [-0.4, -0.2) is 10.7 Å². The predicted molar refractivity (Wildman–Crippen MR) is 18.3 cm³/mol. The highest BCUT2D eigenvalue weighted by molar-refractivity contribution is 5.75. The fourth-order valence-electron chi connectivity index (χ4n) is 0.180. The molecule has 1 aliphatic heterocycles. The summed E-state index contributed by atoms with van der Waals surface area (Å²) in [6.07, 6.45) is 0. The van der Waals surface area contributed by atoms with Crippen LogP contribution in [0.3, 0.4) is 0 Å². The maximum atomic E-state index is 7.85. The summed E-state index contributed by atoms with van der Waals surface area (Å²) < 4.78 is 0. The van der Waals surface area contributed by atoms with Crippen molar-refractivity contribution in [2.45, 2.75) is 0 Å². The quantitative estimate of drug-likeness (QED) is 0.309. The molecule has 0 aromatic heterocycles. The minimum atomic E-state index is -0.111. The lowest BCUT2D eigenvalue weighted by Gasteiger charge is -1.54. The maximum absolute atomic E-state index is 7.85. The first-order valence-corrected chi connectivity index (χ1v) is 1.47. The molecule has 7 heavy (non-hydrogen) atoms. The van der Waals surface area contributed by atoms with Crippen molar-refractivity contribution in [3.05, 3.63) is 5.53 Å². The van der Waals surface area contributed by atoms with Crippen molar-refractivity contribution in [1.29, 1.82) is 0 Å². The van der Waals surface area contributed by atoms with Crippen LogP contribution in [0.5, 0.6) is 0 Å². The van der Waals surface area contributed by atoms with E-state index in [9.17, 15) is 0 Å². The van der Waals surface area contributed by atoms with Gasteiger partial charge in [0, 0.05) is 0 Å². The minimum Gasteiger partial charge on any atom is -0.542 e. The Morgan fingerprint density at radius 2 is 1.86 bits per heavy atom. The minimum absolute atomic E-state index is 0.111. The highest BCUT2D eigenvalue weighted by Gasteiger charge is 2.10. The third-order valence-corrected chi connectivity index (χ3v) is 0.398. The predicted octanol–water partition coefficient (Wildman–Crippen LogP) is 0.405. The van der Waals surface area contributed by atoms with Crippen molar-refractivity contribution in [3.63, 3.8) is 0 Å². The molecule has 0 aromatic rings. The van der Waals surface area contributed by atoms with Gasteiger partial charge in [0.15, 0.2) is 0 Å². The highest BCUT2D eigenvalue weighted by atomic mass is 15.6. The van der Waals surface area contributed by atoms with Crippen LogP contribution in [0.25, 0.3) is 5.53 Å². The van der Waals surface area contributed by atoms with E-state index in [0.717, 1.165) is 0 Å². The van der Waals surface area contributed by atoms with Crippen LogP contribution >= 0.6 is 0 Å². The molecule has 1 aliphatic rings. The Balaban J connectivity index is 3.00. The lowest BCUT2D eigenvalue weighted by molar-refractivity contribution is -0.00850. The molecular formula is CN6. The highest BCUT2D eigenvalue weighted by Crippen LogP contribution is 1.91. The number of guanidine groups is 1. The van der Waals surface area contributed by atoms with E-state index in [1.807, 2.05) is 0 Å². The van der Waals surface area contributed by atoms with Crippen molar-refractivity contribution in [3.8, 4) is 0 Å². The summed E-state index contributed by atoms with van der Waals surface area (Å²) in [6.45, 7) is 0. The van der Waals surface area contributed by atoms with E-state index in [0.29, 0.717) is 0 Å². The van der Waals surface area contributed by atoms with Crippen LogP contribution in [-0.2, 0) is 0 Å². The van der Waals surface area contributed by atoms with E-state index < -0.39 is 0 Å². The molecule has 0 bridgehead atoms. The molecule has 0 fully saturated rings. The van der Waals surface area contributed by atoms with Crippen LogP contribution in [0.15, 0.2) is 20.7 Å². The first-order valence-electron chi connectivity index (χ1n) is 1.47. The van der Waals surface area contributed by atoms with Gasteiger partial charge < -0.3 is 10.3 Å². The molecule has 1 rings (SSSR count). The molecule has 0 spiro atoms. The van der Waals surface area contributed by atoms with E-state index >= 15 is 0 Å². The molecular weight excluding hydrogens is 96.1 g/mol.